The van der Waals surface area contributed by atoms with E-state index in [2.05, 4.69) is 5.10 Å². The Hall–Kier alpha value is -1.39. The molecule has 0 saturated heterocycles. The van der Waals surface area contributed by atoms with Crippen LogP contribution in [0.25, 0.3) is 5.69 Å². The van der Waals surface area contributed by atoms with E-state index >= 15 is 0 Å². The highest BCUT2D eigenvalue weighted by Gasteiger charge is 2.14. The second kappa shape index (κ2) is 4.71. The molecular weight excluding hydrogens is 266 g/mol. The first-order valence-corrected chi connectivity index (χ1v) is 6.33. The minimum absolute atomic E-state index is 0.340. The summed E-state index contributed by atoms with van der Waals surface area (Å²) in [6, 6.07) is 5.43. The summed E-state index contributed by atoms with van der Waals surface area (Å²) in [5.74, 6) is 0. The molecule has 0 saturated carbocycles. The first kappa shape index (κ1) is 13.1. The molecular formula is C13H14ClN3S. The van der Waals surface area contributed by atoms with Crippen molar-refractivity contribution >= 4 is 28.8 Å². The van der Waals surface area contributed by atoms with Gasteiger partial charge in [-0.25, -0.2) is 4.68 Å². The zero-order valence-electron chi connectivity index (χ0n) is 10.5. The summed E-state index contributed by atoms with van der Waals surface area (Å²) in [6.07, 6.45) is 0. The lowest BCUT2D eigenvalue weighted by Gasteiger charge is -2.11. The molecule has 1 aromatic heterocycles. The summed E-state index contributed by atoms with van der Waals surface area (Å²) in [5.41, 5.74) is 10.6. The van der Waals surface area contributed by atoms with Crippen molar-refractivity contribution in [2.24, 2.45) is 5.73 Å². The summed E-state index contributed by atoms with van der Waals surface area (Å²) >= 11 is 11.1. The Bertz CT molecular complexity index is 631. The molecule has 2 N–H and O–H groups in total. The van der Waals surface area contributed by atoms with Gasteiger partial charge in [0.15, 0.2) is 0 Å². The Morgan fingerprint density at radius 1 is 1.33 bits per heavy atom. The molecule has 0 aliphatic heterocycles. The summed E-state index contributed by atoms with van der Waals surface area (Å²) in [4.78, 5) is 0.340. The van der Waals surface area contributed by atoms with E-state index in [9.17, 15) is 0 Å². The second-order valence-electron chi connectivity index (χ2n) is 4.23. The number of rotatable bonds is 2. The molecule has 0 unspecified atom stereocenters. The number of aromatic nitrogens is 2. The molecule has 0 amide bonds. The van der Waals surface area contributed by atoms with E-state index in [1.54, 1.807) is 6.07 Å². The Morgan fingerprint density at radius 3 is 2.50 bits per heavy atom. The van der Waals surface area contributed by atoms with E-state index in [0.717, 1.165) is 28.2 Å². The summed E-state index contributed by atoms with van der Waals surface area (Å²) in [5, 5.41) is 5.14. The molecule has 18 heavy (non-hydrogen) atoms. The third-order valence-electron chi connectivity index (χ3n) is 3.11. The summed E-state index contributed by atoms with van der Waals surface area (Å²) in [6.45, 7) is 6.03. The highest BCUT2D eigenvalue weighted by Crippen LogP contribution is 2.23. The minimum atomic E-state index is 0.340. The summed E-state index contributed by atoms with van der Waals surface area (Å²) in [7, 11) is 0. The maximum Gasteiger partial charge on any atom is 0.106 e. The first-order valence-electron chi connectivity index (χ1n) is 5.54. The molecule has 0 bridgehead atoms. The van der Waals surface area contributed by atoms with E-state index < -0.39 is 0 Å². The molecule has 2 rings (SSSR count). The van der Waals surface area contributed by atoms with Crippen LogP contribution < -0.4 is 5.73 Å². The van der Waals surface area contributed by atoms with Crippen LogP contribution in [-0.4, -0.2) is 14.8 Å². The molecule has 3 nitrogen and oxygen atoms in total. The number of thiocarbonyl (C=S) groups is 1. The molecule has 1 aromatic carbocycles. The van der Waals surface area contributed by atoms with Crippen LogP contribution in [0.3, 0.4) is 0 Å². The van der Waals surface area contributed by atoms with Crippen molar-refractivity contribution in [3.05, 3.63) is 45.7 Å². The van der Waals surface area contributed by atoms with Gasteiger partial charge < -0.3 is 5.73 Å². The van der Waals surface area contributed by atoms with Crippen LogP contribution in [0.2, 0.25) is 5.02 Å². The Kier molecular flexibility index (Phi) is 3.41. The molecule has 0 spiro atoms. The standard InChI is InChI=1S/C13H14ClN3S/c1-7-8(2)16-17(9(7)3)12-6-10(14)4-5-11(12)13(15)18/h4-6H,1-3H3,(H2,15,18). The van der Waals surface area contributed by atoms with Gasteiger partial charge in [-0.2, -0.15) is 5.10 Å². The van der Waals surface area contributed by atoms with Crippen LogP contribution >= 0.6 is 23.8 Å². The molecule has 0 aliphatic rings. The third-order valence-corrected chi connectivity index (χ3v) is 3.56. The van der Waals surface area contributed by atoms with Crippen LogP contribution in [0.4, 0.5) is 0 Å². The normalized spacial score (nSPS) is 10.7. The van der Waals surface area contributed by atoms with Crippen molar-refractivity contribution in [1.29, 1.82) is 0 Å². The molecule has 0 aliphatic carbocycles. The largest absolute Gasteiger partial charge is 0.389 e. The highest BCUT2D eigenvalue weighted by atomic mass is 35.5. The highest BCUT2D eigenvalue weighted by molar-refractivity contribution is 7.80. The fourth-order valence-electron chi connectivity index (χ4n) is 1.84. The van der Waals surface area contributed by atoms with Gasteiger partial charge in [-0.15, -0.1) is 0 Å². The number of halogens is 1. The predicted octanol–water partition coefficient (Wildman–Crippen LogP) is 3.09. The van der Waals surface area contributed by atoms with E-state index in [1.165, 1.54) is 0 Å². The zero-order chi connectivity index (χ0) is 13.4. The van der Waals surface area contributed by atoms with Crippen molar-refractivity contribution in [3.8, 4) is 5.69 Å². The monoisotopic (exact) mass is 279 g/mol. The Labute approximate surface area is 117 Å². The van der Waals surface area contributed by atoms with Crippen LogP contribution in [0, 0.1) is 20.8 Å². The quantitative estimate of drug-likeness (QED) is 0.859. The fourth-order valence-corrected chi connectivity index (χ4v) is 2.18. The first-order chi connectivity index (χ1) is 8.41. The van der Waals surface area contributed by atoms with Gasteiger partial charge in [0, 0.05) is 16.3 Å². The van der Waals surface area contributed by atoms with Gasteiger partial charge in [-0.05, 0) is 44.5 Å². The lowest BCUT2D eigenvalue weighted by Crippen LogP contribution is -2.14. The molecule has 2 aromatic rings. The molecule has 0 atom stereocenters. The minimum Gasteiger partial charge on any atom is -0.389 e. The van der Waals surface area contributed by atoms with E-state index in [-0.39, 0.29) is 0 Å². The average molecular weight is 280 g/mol. The van der Waals surface area contributed by atoms with Crippen molar-refractivity contribution in [1.82, 2.24) is 9.78 Å². The van der Waals surface area contributed by atoms with E-state index in [1.807, 2.05) is 37.6 Å². The number of hydrogen-bond donors (Lipinski definition) is 1. The number of hydrogen-bond acceptors (Lipinski definition) is 2. The number of benzene rings is 1. The number of aryl methyl sites for hydroxylation is 1. The van der Waals surface area contributed by atoms with E-state index in [0.29, 0.717) is 10.0 Å². The fraction of sp³-hybridized carbons (Fsp3) is 0.231. The number of nitrogens with zero attached hydrogens (tertiary/aromatic N) is 2. The van der Waals surface area contributed by atoms with Gasteiger partial charge in [0.05, 0.1) is 11.4 Å². The lowest BCUT2D eigenvalue weighted by atomic mass is 10.1. The van der Waals surface area contributed by atoms with Crippen LogP contribution in [0.5, 0.6) is 0 Å². The molecule has 0 radical (unpaired) electrons. The van der Waals surface area contributed by atoms with Gasteiger partial charge in [0.1, 0.15) is 4.99 Å². The van der Waals surface area contributed by atoms with Crippen molar-refractivity contribution in [2.75, 3.05) is 0 Å². The van der Waals surface area contributed by atoms with Crippen LogP contribution in [0.1, 0.15) is 22.5 Å². The van der Waals surface area contributed by atoms with Crippen molar-refractivity contribution < 1.29 is 0 Å². The van der Waals surface area contributed by atoms with Gasteiger partial charge in [-0.3, -0.25) is 0 Å². The zero-order valence-corrected chi connectivity index (χ0v) is 12.1. The molecule has 0 fully saturated rings. The Morgan fingerprint density at radius 2 is 2.00 bits per heavy atom. The number of nitrogens with two attached hydrogens (primary N) is 1. The maximum atomic E-state index is 6.05. The lowest BCUT2D eigenvalue weighted by molar-refractivity contribution is 0.832. The van der Waals surface area contributed by atoms with Crippen LogP contribution in [0.15, 0.2) is 18.2 Å². The van der Waals surface area contributed by atoms with Gasteiger partial charge >= 0.3 is 0 Å². The molecule has 5 heteroatoms. The predicted molar refractivity (Wildman–Crippen MR) is 78.7 cm³/mol. The van der Waals surface area contributed by atoms with Gasteiger partial charge in [0.25, 0.3) is 0 Å². The van der Waals surface area contributed by atoms with Crippen molar-refractivity contribution in [3.63, 3.8) is 0 Å². The van der Waals surface area contributed by atoms with E-state index in [4.69, 9.17) is 29.6 Å². The molecule has 94 valence electrons. The maximum absolute atomic E-state index is 6.05. The average Bonchev–Trinajstić information content (AvgIpc) is 2.56. The Balaban J connectivity index is 2.73. The second-order valence-corrected chi connectivity index (χ2v) is 5.11. The topological polar surface area (TPSA) is 43.8 Å². The smallest absolute Gasteiger partial charge is 0.106 e. The van der Waals surface area contributed by atoms with Crippen LogP contribution in [-0.2, 0) is 0 Å². The van der Waals surface area contributed by atoms with Gasteiger partial charge in [-0.1, -0.05) is 23.8 Å². The molecule has 1 heterocycles. The third kappa shape index (κ3) is 2.13. The van der Waals surface area contributed by atoms with Gasteiger partial charge in [0.2, 0.25) is 0 Å². The van der Waals surface area contributed by atoms with Crippen molar-refractivity contribution in [2.45, 2.75) is 20.8 Å². The summed E-state index contributed by atoms with van der Waals surface area (Å²) < 4.78 is 1.84. The SMILES string of the molecule is Cc1nn(-c2cc(Cl)ccc2C(N)=S)c(C)c1C.